The lowest BCUT2D eigenvalue weighted by molar-refractivity contribution is 0.0377. The van der Waals surface area contributed by atoms with Crippen LogP contribution in [0.1, 0.15) is 29.9 Å². The Morgan fingerprint density at radius 3 is 2.53 bits per heavy atom. The molecular weight excluding hydrogens is 237 g/mol. The van der Waals surface area contributed by atoms with Crippen LogP contribution in [-0.4, -0.2) is 17.1 Å². The van der Waals surface area contributed by atoms with Crippen molar-refractivity contribution in [2.75, 3.05) is 0 Å². The summed E-state index contributed by atoms with van der Waals surface area (Å²) in [4.78, 5) is 15.6. The molecule has 15 heavy (non-hydrogen) atoms. The lowest BCUT2D eigenvalue weighted by Crippen LogP contribution is -2.14. The minimum atomic E-state index is -0.475. The van der Waals surface area contributed by atoms with Crippen molar-refractivity contribution in [3.63, 3.8) is 0 Å². The van der Waals surface area contributed by atoms with Crippen molar-refractivity contribution >= 4 is 29.2 Å². The number of carbonyl (C=O) groups excluding carboxylic acids is 1. The second-order valence-electron chi connectivity index (χ2n) is 3.34. The maximum absolute atomic E-state index is 11.6. The minimum absolute atomic E-state index is 0.191. The molecule has 0 atom stereocenters. The first kappa shape index (κ1) is 12.3. The predicted octanol–water partition coefficient (Wildman–Crippen LogP) is 3.26. The van der Waals surface area contributed by atoms with Crippen LogP contribution in [0.15, 0.2) is 6.07 Å². The highest BCUT2D eigenvalue weighted by Gasteiger charge is 2.17. The number of hydrogen-bond donors (Lipinski definition) is 0. The van der Waals surface area contributed by atoms with Crippen LogP contribution in [0.3, 0.4) is 0 Å². The summed E-state index contributed by atoms with van der Waals surface area (Å²) < 4.78 is 5.03. The van der Waals surface area contributed by atoms with E-state index in [2.05, 4.69) is 4.98 Å². The van der Waals surface area contributed by atoms with E-state index in [-0.39, 0.29) is 21.8 Å². The molecule has 3 nitrogen and oxygen atoms in total. The average Bonchev–Trinajstić information content (AvgIpc) is 1.99. The Kier molecular flexibility index (Phi) is 3.94. The van der Waals surface area contributed by atoms with Crippen LogP contribution in [-0.2, 0) is 4.74 Å². The van der Waals surface area contributed by atoms with Crippen molar-refractivity contribution in [3.8, 4) is 0 Å². The third-order valence-electron chi connectivity index (χ3n) is 1.67. The summed E-state index contributed by atoms with van der Waals surface area (Å²) >= 11 is 11.6. The summed E-state index contributed by atoms with van der Waals surface area (Å²) in [6.07, 6.45) is -0.191. The van der Waals surface area contributed by atoms with Crippen LogP contribution in [0.5, 0.6) is 0 Å². The summed E-state index contributed by atoms with van der Waals surface area (Å²) in [7, 11) is 0. The van der Waals surface area contributed by atoms with Crippen molar-refractivity contribution in [1.82, 2.24) is 4.98 Å². The van der Waals surface area contributed by atoms with Gasteiger partial charge in [-0.05, 0) is 26.8 Å². The molecule has 1 aromatic rings. The zero-order valence-corrected chi connectivity index (χ0v) is 10.2. The Bertz CT molecular complexity index is 368. The molecule has 0 amide bonds. The van der Waals surface area contributed by atoms with E-state index in [1.807, 2.05) is 0 Å². The smallest absolute Gasteiger partial charge is 0.341 e. The molecule has 1 heterocycles. The maximum atomic E-state index is 11.6. The second kappa shape index (κ2) is 4.81. The lowest BCUT2D eigenvalue weighted by atomic mass is 10.2. The minimum Gasteiger partial charge on any atom is -0.459 e. The van der Waals surface area contributed by atoms with Gasteiger partial charge >= 0.3 is 5.97 Å². The van der Waals surface area contributed by atoms with Gasteiger partial charge in [0.1, 0.15) is 5.15 Å². The van der Waals surface area contributed by atoms with E-state index in [4.69, 9.17) is 27.9 Å². The molecule has 0 saturated carbocycles. The van der Waals surface area contributed by atoms with Crippen LogP contribution < -0.4 is 0 Å². The summed E-state index contributed by atoms with van der Waals surface area (Å²) in [6.45, 7) is 5.20. The van der Waals surface area contributed by atoms with Gasteiger partial charge in [-0.1, -0.05) is 23.2 Å². The maximum Gasteiger partial charge on any atom is 0.341 e. The van der Waals surface area contributed by atoms with E-state index in [0.29, 0.717) is 5.69 Å². The molecule has 0 radical (unpaired) electrons. The molecule has 5 heteroatoms. The molecule has 1 rings (SSSR count). The molecule has 0 N–H and O–H groups in total. The van der Waals surface area contributed by atoms with Gasteiger partial charge in [0, 0.05) is 0 Å². The zero-order valence-electron chi connectivity index (χ0n) is 8.67. The largest absolute Gasteiger partial charge is 0.459 e. The fraction of sp³-hybridized carbons (Fsp3) is 0.400. The standard InChI is InChI=1S/C10H11Cl2NO2/c1-5(2)15-10(14)9-6(3)13-8(12)4-7(9)11/h4-5H,1-3H3. The van der Waals surface area contributed by atoms with Gasteiger partial charge in [0.2, 0.25) is 0 Å². The number of halogens is 2. The number of carbonyl (C=O) groups is 1. The summed E-state index contributed by atoms with van der Waals surface area (Å²) in [5, 5.41) is 0.525. The number of esters is 1. The van der Waals surface area contributed by atoms with Crippen LogP contribution in [0, 0.1) is 6.92 Å². The van der Waals surface area contributed by atoms with Crippen LogP contribution in [0.25, 0.3) is 0 Å². The molecule has 0 aliphatic rings. The van der Waals surface area contributed by atoms with Crippen molar-refractivity contribution in [2.24, 2.45) is 0 Å². The van der Waals surface area contributed by atoms with Crippen molar-refractivity contribution in [1.29, 1.82) is 0 Å². The van der Waals surface area contributed by atoms with E-state index in [0.717, 1.165) is 0 Å². The Morgan fingerprint density at radius 1 is 1.47 bits per heavy atom. The van der Waals surface area contributed by atoms with E-state index >= 15 is 0 Å². The van der Waals surface area contributed by atoms with Gasteiger partial charge in [-0.3, -0.25) is 0 Å². The fourth-order valence-corrected chi connectivity index (χ4v) is 1.73. The SMILES string of the molecule is Cc1nc(Cl)cc(Cl)c1C(=O)OC(C)C. The molecule has 1 aromatic heterocycles. The van der Waals surface area contributed by atoms with Gasteiger partial charge in [-0.25, -0.2) is 9.78 Å². The highest BCUT2D eigenvalue weighted by atomic mass is 35.5. The van der Waals surface area contributed by atoms with Crippen molar-refractivity contribution < 1.29 is 9.53 Å². The quantitative estimate of drug-likeness (QED) is 0.595. The van der Waals surface area contributed by atoms with Crippen molar-refractivity contribution in [2.45, 2.75) is 26.9 Å². The average molecular weight is 248 g/mol. The lowest BCUT2D eigenvalue weighted by Gasteiger charge is -2.10. The molecule has 0 aliphatic carbocycles. The number of aromatic nitrogens is 1. The molecule has 0 aromatic carbocycles. The van der Waals surface area contributed by atoms with Crippen molar-refractivity contribution in [3.05, 3.63) is 27.5 Å². The topological polar surface area (TPSA) is 39.2 Å². The number of aryl methyl sites for hydroxylation is 1. The molecule has 0 fully saturated rings. The molecule has 0 saturated heterocycles. The Morgan fingerprint density at radius 2 is 2.07 bits per heavy atom. The molecule has 0 unspecified atom stereocenters. The van der Waals surface area contributed by atoms with Gasteiger partial charge in [-0.2, -0.15) is 0 Å². The van der Waals surface area contributed by atoms with Crippen LogP contribution in [0.2, 0.25) is 10.2 Å². The number of nitrogens with zero attached hydrogens (tertiary/aromatic N) is 1. The first-order valence-corrected chi connectivity index (χ1v) is 5.21. The second-order valence-corrected chi connectivity index (χ2v) is 4.14. The van der Waals surface area contributed by atoms with Gasteiger partial charge in [0.25, 0.3) is 0 Å². The highest BCUT2D eigenvalue weighted by Crippen LogP contribution is 2.23. The summed E-state index contributed by atoms with van der Waals surface area (Å²) in [5.41, 5.74) is 0.743. The van der Waals surface area contributed by atoms with Gasteiger partial charge in [-0.15, -0.1) is 0 Å². The number of rotatable bonds is 2. The molecule has 82 valence electrons. The van der Waals surface area contributed by atoms with E-state index in [1.54, 1.807) is 20.8 Å². The highest BCUT2D eigenvalue weighted by molar-refractivity contribution is 6.36. The molecular formula is C10H11Cl2NO2. The monoisotopic (exact) mass is 247 g/mol. The number of hydrogen-bond acceptors (Lipinski definition) is 3. The Hall–Kier alpha value is -0.800. The van der Waals surface area contributed by atoms with Gasteiger partial charge in [0.15, 0.2) is 0 Å². The third kappa shape index (κ3) is 3.08. The number of pyridine rings is 1. The molecule has 0 aliphatic heterocycles. The normalized spacial score (nSPS) is 10.5. The van der Waals surface area contributed by atoms with E-state index in [9.17, 15) is 4.79 Å². The van der Waals surface area contributed by atoms with E-state index in [1.165, 1.54) is 6.07 Å². The first-order valence-electron chi connectivity index (χ1n) is 4.45. The van der Waals surface area contributed by atoms with Crippen LogP contribution in [0.4, 0.5) is 0 Å². The van der Waals surface area contributed by atoms with Crippen LogP contribution >= 0.6 is 23.2 Å². The first-order chi connectivity index (χ1) is 6.91. The predicted molar refractivity (Wildman–Crippen MR) is 59.5 cm³/mol. The fourth-order valence-electron chi connectivity index (χ4n) is 1.12. The van der Waals surface area contributed by atoms with E-state index < -0.39 is 5.97 Å². The van der Waals surface area contributed by atoms with Gasteiger partial charge < -0.3 is 4.74 Å². The Labute approximate surface area is 98.4 Å². The summed E-state index contributed by atoms with van der Waals surface area (Å²) in [5.74, 6) is -0.475. The van der Waals surface area contributed by atoms with Gasteiger partial charge in [0.05, 0.1) is 22.4 Å². The number of ether oxygens (including phenoxy) is 1. The molecule has 0 spiro atoms. The summed E-state index contributed by atoms with van der Waals surface area (Å²) in [6, 6.07) is 1.42. The zero-order chi connectivity index (χ0) is 11.6. The molecule has 0 bridgehead atoms. The Balaban J connectivity index is 3.09. The third-order valence-corrected chi connectivity index (χ3v) is 2.16.